The van der Waals surface area contributed by atoms with E-state index in [0.717, 1.165) is 24.8 Å². The number of hydrogen-bond acceptors (Lipinski definition) is 2. The highest BCUT2D eigenvalue weighted by molar-refractivity contribution is 5.82. The van der Waals surface area contributed by atoms with E-state index in [2.05, 4.69) is 11.9 Å². The van der Waals surface area contributed by atoms with Crippen molar-refractivity contribution in [2.45, 2.75) is 39.0 Å². The summed E-state index contributed by atoms with van der Waals surface area (Å²) in [7, 11) is 0. The Kier molecular flexibility index (Phi) is 3.87. The van der Waals surface area contributed by atoms with Gasteiger partial charge in [-0.25, -0.2) is 4.39 Å². The van der Waals surface area contributed by atoms with E-state index in [1.54, 1.807) is 6.20 Å². The average Bonchev–Trinajstić information content (AvgIpc) is 2.32. The minimum atomic E-state index is -0.321. The number of nitrogens with zero attached hydrogens (tertiary/aromatic N) is 1. The number of ketones is 1. The van der Waals surface area contributed by atoms with Gasteiger partial charge in [0.05, 0.1) is 6.20 Å². The molecule has 1 aliphatic carbocycles. The predicted octanol–water partition coefficient (Wildman–Crippen LogP) is 3.16. The number of halogens is 1. The quantitative estimate of drug-likeness (QED) is 0.805. The first-order valence-electron chi connectivity index (χ1n) is 6.31. The fraction of sp³-hybridized carbons (Fsp3) is 0.571. The Bertz CT molecular complexity index is 405. The first-order valence-corrected chi connectivity index (χ1v) is 6.31. The van der Waals surface area contributed by atoms with Gasteiger partial charge in [-0.05, 0) is 36.8 Å². The summed E-state index contributed by atoms with van der Waals surface area (Å²) in [5.41, 5.74) is 0.833. The number of pyridine rings is 1. The summed E-state index contributed by atoms with van der Waals surface area (Å²) >= 11 is 0. The minimum absolute atomic E-state index is 0.0669. The number of carbonyl (C=O) groups is 1. The summed E-state index contributed by atoms with van der Waals surface area (Å²) in [6, 6.07) is 1.48. The number of Topliss-reactive ketones (excluding diaryl/α,β-unsaturated/α-hetero) is 1. The second-order valence-electron chi connectivity index (χ2n) is 4.93. The summed E-state index contributed by atoms with van der Waals surface area (Å²) in [5.74, 6) is 0.730. The van der Waals surface area contributed by atoms with Crippen LogP contribution in [0.5, 0.6) is 0 Å². The Morgan fingerprint density at radius 1 is 1.47 bits per heavy atom. The molecule has 0 aromatic carbocycles. The molecule has 0 aliphatic heterocycles. The molecular formula is C14H18FNO. The number of aromatic nitrogens is 1. The van der Waals surface area contributed by atoms with Gasteiger partial charge in [0, 0.05) is 18.5 Å². The largest absolute Gasteiger partial charge is 0.299 e. The molecule has 1 heterocycles. The SMILES string of the molecule is CCC1CCC(=O)C(Cc2cncc(F)c2)C1. The lowest BCUT2D eigenvalue weighted by Crippen LogP contribution is -2.26. The maximum Gasteiger partial charge on any atom is 0.141 e. The topological polar surface area (TPSA) is 30.0 Å². The fourth-order valence-electron chi connectivity index (χ4n) is 2.62. The van der Waals surface area contributed by atoms with Gasteiger partial charge in [0.25, 0.3) is 0 Å². The summed E-state index contributed by atoms with van der Waals surface area (Å²) in [5, 5.41) is 0. The zero-order valence-corrected chi connectivity index (χ0v) is 10.2. The van der Waals surface area contributed by atoms with E-state index in [1.807, 2.05) is 0 Å². The van der Waals surface area contributed by atoms with E-state index in [1.165, 1.54) is 12.3 Å². The van der Waals surface area contributed by atoms with Crippen LogP contribution in [0.25, 0.3) is 0 Å². The van der Waals surface area contributed by atoms with Gasteiger partial charge < -0.3 is 0 Å². The highest BCUT2D eigenvalue weighted by Gasteiger charge is 2.27. The summed E-state index contributed by atoms with van der Waals surface area (Å²) in [4.78, 5) is 15.7. The Morgan fingerprint density at radius 3 is 3.00 bits per heavy atom. The molecule has 1 aromatic heterocycles. The molecule has 0 radical (unpaired) electrons. The monoisotopic (exact) mass is 235 g/mol. The van der Waals surface area contributed by atoms with Crippen LogP contribution < -0.4 is 0 Å². The van der Waals surface area contributed by atoms with Crippen LogP contribution in [0.3, 0.4) is 0 Å². The standard InChI is InChI=1S/C14H18FNO/c1-2-10-3-4-14(17)12(5-10)6-11-7-13(15)9-16-8-11/h7-10,12H,2-6H2,1H3. The highest BCUT2D eigenvalue weighted by atomic mass is 19.1. The van der Waals surface area contributed by atoms with Gasteiger partial charge in [0.15, 0.2) is 0 Å². The molecule has 2 unspecified atom stereocenters. The van der Waals surface area contributed by atoms with Crippen LogP contribution in [0.15, 0.2) is 18.5 Å². The van der Waals surface area contributed by atoms with Crippen molar-refractivity contribution in [1.29, 1.82) is 0 Å². The van der Waals surface area contributed by atoms with Crippen LogP contribution in [0.4, 0.5) is 4.39 Å². The third kappa shape index (κ3) is 3.11. The van der Waals surface area contributed by atoms with Crippen LogP contribution in [-0.2, 0) is 11.2 Å². The summed E-state index contributed by atoms with van der Waals surface area (Å²) in [6.07, 6.45) is 7.28. The molecule has 2 atom stereocenters. The van der Waals surface area contributed by atoms with Gasteiger partial charge in [-0.1, -0.05) is 13.3 Å². The maximum atomic E-state index is 13.0. The lowest BCUT2D eigenvalue weighted by molar-refractivity contribution is -0.125. The van der Waals surface area contributed by atoms with Gasteiger partial charge in [-0.2, -0.15) is 0 Å². The van der Waals surface area contributed by atoms with Crippen molar-refractivity contribution >= 4 is 5.78 Å². The molecule has 1 aromatic rings. The van der Waals surface area contributed by atoms with E-state index in [9.17, 15) is 9.18 Å². The molecule has 1 saturated carbocycles. The highest BCUT2D eigenvalue weighted by Crippen LogP contribution is 2.30. The van der Waals surface area contributed by atoms with E-state index < -0.39 is 0 Å². The van der Waals surface area contributed by atoms with Crippen LogP contribution in [0, 0.1) is 17.7 Å². The molecule has 17 heavy (non-hydrogen) atoms. The molecule has 92 valence electrons. The molecule has 0 N–H and O–H groups in total. The second kappa shape index (κ2) is 5.39. The van der Waals surface area contributed by atoms with Crippen molar-refractivity contribution in [3.63, 3.8) is 0 Å². The first-order chi connectivity index (χ1) is 8.19. The predicted molar refractivity (Wildman–Crippen MR) is 64.0 cm³/mol. The second-order valence-corrected chi connectivity index (χ2v) is 4.93. The third-order valence-corrected chi connectivity index (χ3v) is 3.69. The average molecular weight is 235 g/mol. The summed E-state index contributed by atoms with van der Waals surface area (Å²) in [6.45, 7) is 2.17. The lowest BCUT2D eigenvalue weighted by atomic mass is 9.77. The van der Waals surface area contributed by atoms with Crippen molar-refractivity contribution in [2.24, 2.45) is 11.8 Å². The molecule has 2 rings (SSSR count). The number of hydrogen-bond donors (Lipinski definition) is 0. The normalized spacial score (nSPS) is 24.9. The van der Waals surface area contributed by atoms with Gasteiger partial charge in [-0.3, -0.25) is 9.78 Å². The molecule has 0 saturated heterocycles. The minimum Gasteiger partial charge on any atom is -0.299 e. The Balaban J connectivity index is 2.04. The molecule has 2 nitrogen and oxygen atoms in total. The van der Waals surface area contributed by atoms with E-state index in [4.69, 9.17) is 0 Å². The summed E-state index contributed by atoms with van der Waals surface area (Å²) < 4.78 is 13.0. The smallest absolute Gasteiger partial charge is 0.141 e. The van der Waals surface area contributed by atoms with Crippen molar-refractivity contribution < 1.29 is 9.18 Å². The first kappa shape index (κ1) is 12.2. The fourth-order valence-corrected chi connectivity index (χ4v) is 2.62. The molecule has 0 bridgehead atoms. The van der Waals surface area contributed by atoms with E-state index in [0.29, 0.717) is 24.5 Å². The Morgan fingerprint density at radius 2 is 2.29 bits per heavy atom. The van der Waals surface area contributed by atoms with Crippen LogP contribution in [-0.4, -0.2) is 10.8 Å². The van der Waals surface area contributed by atoms with Gasteiger partial charge in [-0.15, -0.1) is 0 Å². The van der Waals surface area contributed by atoms with E-state index >= 15 is 0 Å². The molecule has 3 heteroatoms. The van der Waals surface area contributed by atoms with Gasteiger partial charge in [0.2, 0.25) is 0 Å². The van der Waals surface area contributed by atoms with Crippen molar-refractivity contribution in [2.75, 3.05) is 0 Å². The molecule has 0 spiro atoms. The van der Waals surface area contributed by atoms with Crippen molar-refractivity contribution in [3.8, 4) is 0 Å². The third-order valence-electron chi connectivity index (χ3n) is 3.69. The van der Waals surface area contributed by atoms with Crippen LogP contribution in [0.2, 0.25) is 0 Å². The maximum absolute atomic E-state index is 13.0. The molecule has 0 amide bonds. The zero-order valence-electron chi connectivity index (χ0n) is 10.2. The van der Waals surface area contributed by atoms with E-state index in [-0.39, 0.29) is 11.7 Å². The Labute approximate surface area is 101 Å². The van der Waals surface area contributed by atoms with Gasteiger partial charge in [0.1, 0.15) is 11.6 Å². The van der Waals surface area contributed by atoms with Gasteiger partial charge >= 0.3 is 0 Å². The van der Waals surface area contributed by atoms with Crippen LogP contribution in [0.1, 0.15) is 38.2 Å². The molecular weight excluding hydrogens is 217 g/mol. The molecule has 1 fully saturated rings. The van der Waals surface area contributed by atoms with Crippen LogP contribution >= 0.6 is 0 Å². The Hall–Kier alpha value is -1.25. The number of rotatable bonds is 3. The molecule has 1 aliphatic rings. The number of carbonyl (C=O) groups excluding carboxylic acids is 1. The van der Waals surface area contributed by atoms with Crippen molar-refractivity contribution in [1.82, 2.24) is 4.98 Å². The zero-order chi connectivity index (χ0) is 12.3. The lowest BCUT2D eigenvalue weighted by Gasteiger charge is -2.27. The van der Waals surface area contributed by atoms with Crippen molar-refractivity contribution in [3.05, 3.63) is 29.8 Å².